The van der Waals surface area contributed by atoms with E-state index >= 15 is 0 Å². The Balaban J connectivity index is 3.20. The van der Waals surface area contributed by atoms with Gasteiger partial charge in [-0.1, -0.05) is 22.6 Å². The Labute approximate surface area is 94.1 Å². The van der Waals surface area contributed by atoms with Gasteiger partial charge in [-0.2, -0.15) is 14.0 Å². The molecule has 0 spiro atoms. The summed E-state index contributed by atoms with van der Waals surface area (Å²) in [6.45, 7) is 1.53. The second-order valence-corrected chi connectivity index (χ2v) is 3.60. The predicted molar refractivity (Wildman–Crippen MR) is 56.5 cm³/mol. The number of rotatable bonds is 2. The van der Waals surface area contributed by atoms with Gasteiger partial charge in [0.2, 0.25) is 0 Å². The van der Waals surface area contributed by atoms with Crippen LogP contribution in [0, 0.1) is 18.3 Å². The van der Waals surface area contributed by atoms with Crippen molar-refractivity contribution >= 4 is 22.6 Å². The highest BCUT2D eigenvalue weighted by Gasteiger charge is 2.33. The summed E-state index contributed by atoms with van der Waals surface area (Å²) in [6, 6.07) is 3.27. The lowest BCUT2D eigenvalue weighted by atomic mass is 10.1. The molecule has 2 nitrogen and oxygen atoms in total. The minimum atomic E-state index is -2.92. The smallest absolute Gasteiger partial charge is 0.253 e. The van der Waals surface area contributed by atoms with Gasteiger partial charge in [0.1, 0.15) is 11.8 Å². The van der Waals surface area contributed by atoms with Gasteiger partial charge in [-0.25, -0.2) is 0 Å². The number of alkyl halides is 3. The molecule has 0 saturated heterocycles. The molecule has 5 heteroatoms. The van der Waals surface area contributed by atoms with Gasteiger partial charge in [0.05, 0.1) is 9.99 Å². The third-order valence-corrected chi connectivity index (χ3v) is 2.68. The van der Waals surface area contributed by atoms with Crippen LogP contribution in [0.1, 0.15) is 16.8 Å². The van der Waals surface area contributed by atoms with Crippen LogP contribution in [0.5, 0.6) is 0 Å². The highest BCUT2D eigenvalue weighted by atomic mass is 127. The van der Waals surface area contributed by atoms with Crippen molar-refractivity contribution in [1.82, 2.24) is 4.98 Å². The fraction of sp³-hybridized carbons (Fsp3) is 0.333. The molecule has 0 fully saturated rings. The summed E-state index contributed by atoms with van der Waals surface area (Å²) in [5.74, 6) is -2.92. The van der Waals surface area contributed by atoms with Gasteiger partial charge in [-0.15, -0.1) is 0 Å². The van der Waals surface area contributed by atoms with Crippen LogP contribution in [0.2, 0.25) is 0 Å². The second kappa shape index (κ2) is 4.17. The molecule has 0 saturated carbocycles. The standard InChI is InChI=1S/C9H7F2IN2/c1-6-2-7(3-13)4-14-8(6)9(10,11)5-12/h2,4H,5H2,1H3. The zero-order valence-electron chi connectivity index (χ0n) is 7.39. The zero-order valence-corrected chi connectivity index (χ0v) is 9.55. The quantitative estimate of drug-likeness (QED) is 0.622. The summed E-state index contributed by atoms with van der Waals surface area (Å²) in [5.41, 5.74) is 0.409. The van der Waals surface area contributed by atoms with E-state index in [1.165, 1.54) is 19.2 Å². The molecule has 0 aliphatic carbocycles. The topological polar surface area (TPSA) is 36.7 Å². The van der Waals surface area contributed by atoms with E-state index in [0.29, 0.717) is 11.1 Å². The van der Waals surface area contributed by atoms with Gasteiger partial charge in [0.25, 0.3) is 5.92 Å². The maximum atomic E-state index is 13.2. The van der Waals surface area contributed by atoms with E-state index in [1.807, 2.05) is 6.07 Å². The Morgan fingerprint density at radius 2 is 2.29 bits per heavy atom. The number of hydrogen-bond donors (Lipinski definition) is 0. The first-order valence-corrected chi connectivity index (χ1v) is 5.35. The van der Waals surface area contributed by atoms with Crippen molar-refractivity contribution in [3.8, 4) is 6.07 Å². The average Bonchev–Trinajstić information content (AvgIpc) is 2.17. The van der Waals surface area contributed by atoms with E-state index < -0.39 is 5.92 Å². The van der Waals surface area contributed by atoms with Crippen molar-refractivity contribution in [2.45, 2.75) is 12.8 Å². The molecule has 0 bridgehead atoms. The van der Waals surface area contributed by atoms with Crippen LogP contribution in [0.15, 0.2) is 12.3 Å². The number of hydrogen-bond acceptors (Lipinski definition) is 2. The van der Waals surface area contributed by atoms with Gasteiger partial charge in [0.15, 0.2) is 0 Å². The molecule has 1 heterocycles. The molecular weight excluding hydrogens is 301 g/mol. The molecular formula is C9H7F2IN2. The lowest BCUT2D eigenvalue weighted by Crippen LogP contribution is -2.18. The van der Waals surface area contributed by atoms with Gasteiger partial charge in [-0.05, 0) is 18.6 Å². The lowest BCUT2D eigenvalue weighted by molar-refractivity contribution is 0.0211. The van der Waals surface area contributed by atoms with Gasteiger partial charge >= 0.3 is 0 Å². The minimum Gasteiger partial charge on any atom is -0.253 e. The first kappa shape index (κ1) is 11.3. The number of aromatic nitrogens is 1. The minimum absolute atomic E-state index is 0.245. The molecule has 0 radical (unpaired) electrons. The van der Waals surface area contributed by atoms with Crippen molar-refractivity contribution in [3.05, 3.63) is 29.1 Å². The summed E-state index contributed by atoms with van der Waals surface area (Å²) in [6.07, 6.45) is 1.17. The van der Waals surface area contributed by atoms with E-state index in [1.54, 1.807) is 22.6 Å². The van der Waals surface area contributed by atoms with E-state index in [2.05, 4.69) is 4.98 Å². The highest BCUT2D eigenvalue weighted by Crippen LogP contribution is 2.30. The molecule has 0 aliphatic heterocycles. The van der Waals surface area contributed by atoms with Gasteiger partial charge in [0, 0.05) is 6.20 Å². The summed E-state index contributed by atoms with van der Waals surface area (Å²) >= 11 is 1.61. The van der Waals surface area contributed by atoms with Crippen LogP contribution in [-0.2, 0) is 5.92 Å². The number of halogens is 3. The van der Waals surface area contributed by atoms with Crippen LogP contribution in [0.4, 0.5) is 8.78 Å². The molecule has 0 unspecified atom stereocenters. The summed E-state index contributed by atoms with van der Waals surface area (Å²) in [5, 5.41) is 8.53. The van der Waals surface area contributed by atoms with Crippen LogP contribution >= 0.6 is 22.6 Å². The molecule has 0 amide bonds. The fourth-order valence-corrected chi connectivity index (χ4v) is 1.44. The SMILES string of the molecule is Cc1cc(C#N)cnc1C(F)(F)CI. The first-order chi connectivity index (χ1) is 6.51. The average molecular weight is 308 g/mol. The Morgan fingerprint density at radius 1 is 1.64 bits per heavy atom. The maximum absolute atomic E-state index is 13.2. The van der Waals surface area contributed by atoms with E-state index in [9.17, 15) is 8.78 Å². The van der Waals surface area contributed by atoms with Crippen LogP contribution in [0.3, 0.4) is 0 Å². The maximum Gasteiger partial charge on any atom is 0.298 e. The van der Waals surface area contributed by atoms with Crippen LogP contribution in [-0.4, -0.2) is 9.41 Å². The first-order valence-electron chi connectivity index (χ1n) is 3.82. The third-order valence-electron chi connectivity index (χ3n) is 1.72. The molecule has 14 heavy (non-hydrogen) atoms. The summed E-state index contributed by atoms with van der Waals surface area (Å²) in [7, 11) is 0. The van der Waals surface area contributed by atoms with Crippen molar-refractivity contribution in [3.63, 3.8) is 0 Å². The van der Waals surface area contributed by atoms with Gasteiger partial charge < -0.3 is 0 Å². The normalized spacial score (nSPS) is 11.1. The number of nitrogens with zero attached hydrogens (tertiary/aromatic N) is 2. The Hall–Kier alpha value is -0.770. The van der Waals surface area contributed by atoms with E-state index in [-0.39, 0.29) is 10.1 Å². The van der Waals surface area contributed by atoms with Crippen molar-refractivity contribution in [2.75, 3.05) is 4.43 Å². The molecule has 0 aromatic carbocycles. The second-order valence-electron chi connectivity index (χ2n) is 2.84. The molecule has 0 atom stereocenters. The number of nitriles is 1. The molecule has 1 aromatic heterocycles. The third kappa shape index (κ3) is 2.18. The van der Waals surface area contributed by atoms with Crippen molar-refractivity contribution < 1.29 is 8.78 Å². The Bertz CT molecular complexity index is 385. The molecule has 1 aromatic rings. The van der Waals surface area contributed by atoms with E-state index in [0.717, 1.165) is 0 Å². The number of aryl methyl sites for hydroxylation is 1. The number of pyridine rings is 1. The predicted octanol–water partition coefficient (Wildman–Crippen LogP) is 2.79. The highest BCUT2D eigenvalue weighted by molar-refractivity contribution is 14.1. The largest absolute Gasteiger partial charge is 0.298 e. The Kier molecular flexibility index (Phi) is 3.37. The van der Waals surface area contributed by atoms with Crippen LogP contribution in [0.25, 0.3) is 0 Å². The summed E-state index contributed by atoms with van der Waals surface area (Å²) < 4.78 is 26.1. The van der Waals surface area contributed by atoms with Gasteiger partial charge in [-0.3, -0.25) is 4.98 Å². The summed E-state index contributed by atoms with van der Waals surface area (Å²) in [4.78, 5) is 3.61. The fourth-order valence-electron chi connectivity index (χ4n) is 1.08. The zero-order chi connectivity index (χ0) is 10.8. The molecule has 0 aliphatic rings. The monoisotopic (exact) mass is 308 g/mol. The van der Waals surface area contributed by atoms with Crippen LogP contribution < -0.4 is 0 Å². The van der Waals surface area contributed by atoms with E-state index in [4.69, 9.17) is 5.26 Å². The Morgan fingerprint density at radius 3 is 2.71 bits per heavy atom. The lowest BCUT2D eigenvalue weighted by Gasteiger charge is -2.14. The molecule has 1 rings (SSSR count). The molecule has 0 N–H and O–H groups in total. The van der Waals surface area contributed by atoms with Crippen molar-refractivity contribution in [2.24, 2.45) is 0 Å². The van der Waals surface area contributed by atoms with Crippen molar-refractivity contribution in [1.29, 1.82) is 5.26 Å². The molecule has 74 valence electrons.